The first-order valence-electron chi connectivity index (χ1n) is 6.86. The number of likely N-dealkylation sites (N-methyl/N-ethyl adjacent to an activating group) is 1. The van der Waals surface area contributed by atoms with Gasteiger partial charge >= 0.3 is 6.09 Å². The number of carbonyl (C=O) groups is 2. The number of nitrogens with zero attached hydrogens (tertiary/aromatic N) is 2. The first-order valence-corrected chi connectivity index (χ1v) is 6.86. The van der Waals surface area contributed by atoms with E-state index in [1.165, 1.54) is 16.7 Å². The van der Waals surface area contributed by atoms with Gasteiger partial charge in [0.1, 0.15) is 6.61 Å². The number of β-amino-alcohol motifs (C(OH)–C–C–N with tert-alkyl or cyclic N) is 1. The second kappa shape index (κ2) is 6.58. The van der Waals surface area contributed by atoms with Crippen LogP contribution in [0.15, 0.2) is 30.3 Å². The molecule has 1 aliphatic rings. The van der Waals surface area contributed by atoms with Gasteiger partial charge in [0.05, 0.1) is 18.7 Å². The van der Waals surface area contributed by atoms with E-state index in [-0.39, 0.29) is 31.6 Å². The van der Waals surface area contributed by atoms with Gasteiger partial charge in [0.15, 0.2) is 0 Å². The molecule has 1 aliphatic heterocycles. The molecule has 1 saturated heterocycles. The van der Waals surface area contributed by atoms with Crippen LogP contribution in [-0.4, -0.2) is 59.2 Å². The fourth-order valence-corrected chi connectivity index (χ4v) is 2.34. The quantitative estimate of drug-likeness (QED) is 0.896. The van der Waals surface area contributed by atoms with Gasteiger partial charge in [-0.25, -0.2) is 4.79 Å². The molecule has 1 N–H and O–H groups in total. The van der Waals surface area contributed by atoms with E-state index in [1.807, 2.05) is 30.3 Å². The molecule has 0 unspecified atom stereocenters. The molecule has 0 aromatic heterocycles. The minimum absolute atomic E-state index is 0.140. The van der Waals surface area contributed by atoms with Gasteiger partial charge in [-0.3, -0.25) is 4.79 Å². The number of rotatable bonds is 3. The molecule has 6 heteroatoms. The molecule has 21 heavy (non-hydrogen) atoms. The highest BCUT2D eigenvalue weighted by atomic mass is 16.6. The van der Waals surface area contributed by atoms with Crippen LogP contribution in [0.25, 0.3) is 0 Å². The average molecular weight is 292 g/mol. The highest BCUT2D eigenvalue weighted by molar-refractivity contribution is 5.74. The van der Waals surface area contributed by atoms with E-state index in [0.29, 0.717) is 0 Å². The van der Waals surface area contributed by atoms with Crippen LogP contribution in [0.1, 0.15) is 12.5 Å². The summed E-state index contributed by atoms with van der Waals surface area (Å²) < 4.78 is 5.22. The summed E-state index contributed by atoms with van der Waals surface area (Å²) in [5.74, 6) is -0.140. The summed E-state index contributed by atoms with van der Waals surface area (Å²) in [7, 11) is 1.62. The van der Waals surface area contributed by atoms with Crippen LogP contribution in [0.5, 0.6) is 0 Å². The minimum atomic E-state index is -0.747. The van der Waals surface area contributed by atoms with Gasteiger partial charge in [-0.2, -0.15) is 0 Å². The van der Waals surface area contributed by atoms with Crippen LogP contribution in [0.2, 0.25) is 0 Å². The van der Waals surface area contributed by atoms with Crippen molar-refractivity contribution in [3.05, 3.63) is 35.9 Å². The smallest absolute Gasteiger partial charge is 0.410 e. The molecule has 6 nitrogen and oxygen atoms in total. The predicted molar refractivity (Wildman–Crippen MR) is 76.4 cm³/mol. The van der Waals surface area contributed by atoms with E-state index >= 15 is 0 Å². The third-order valence-corrected chi connectivity index (χ3v) is 3.72. The summed E-state index contributed by atoms with van der Waals surface area (Å²) in [4.78, 5) is 26.2. The van der Waals surface area contributed by atoms with E-state index in [0.717, 1.165) is 5.56 Å². The molecular formula is C15H20N2O4. The summed E-state index contributed by atoms with van der Waals surface area (Å²) in [5, 5.41) is 9.97. The summed E-state index contributed by atoms with van der Waals surface area (Å²) in [6.07, 6.45) is -1.22. The van der Waals surface area contributed by atoms with Crippen molar-refractivity contribution in [2.24, 2.45) is 0 Å². The lowest BCUT2D eigenvalue weighted by Gasteiger charge is -2.25. The average Bonchev–Trinajstić information content (AvgIpc) is 2.87. The Morgan fingerprint density at radius 2 is 2.00 bits per heavy atom. The Labute approximate surface area is 123 Å². The molecule has 1 heterocycles. The monoisotopic (exact) mass is 292 g/mol. The van der Waals surface area contributed by atoms with Crippen molar-refractivity contribution >= 4 is 12.0 Å². The maximum atomic E-state index is 12.0. The number of carbonyl (C=O) groups excluding carboxylic acids is 2. The van der Waals surface area contributed by atoms with Crippen molar-refractivity contribution in [1.29, 1.82) is 0 Å². The number of aliphatic hydroxyl groups excluding tert-OH is 1. The maximum Gasteiger partial charge on any atom is 0.410 e. The molecule has 2 amide bonds. The fourth-order valence-electron chi connectivity index (χ4n) is 2.34. The SMILES string of the molecule is CC(=O)N(C)[C@@H]1CN(C(=O)OCc2ccccc2)C[C@H]1O. The predicted octanol–water partition coefficient (Wildman–Crippen LogP) is 0.847. The van der Waals surface area contributed by atoms with Gasteiger partial charge in [-0.05, 0) is 5.56 Å². The molecule has 1 fully saturated rings. The van der Waals surface area contributed by atoms with E-state index in [4.69, 9.17) is 4.74 Å². The molecule has 114 valence electrons. The Bertz CT molecular complexity index is 506. The summed E-state index contributed by atoms with van der Waals surface area (Å²) in [6, 6.07) is 9.01. The molecule has 0 radical (unpaired) electrons. The summed E-state index contributed by atoms with van der Waals surface area (Å²) in [6.45, 7) is 2.09. The fraction of sp³-hybridized carbons (Fsp3) is 0.467. The standard InChI is InChI=1S/C15H20N2O4/c1-11(18)16(2)13-8-17(9-14(13)19)15(20)21-10-12-6-4-3-5-7-12/h3-7,13-14,19H,8-10H2,1-2H3/t13-,14-/m1/s1. The highest BCUT2D eigenvalue weighted by Gasteiger charge is 2.38. The van der Waals surface area contributed by atoms with Crippen molar-refractivity contribution in [3.63, 3.8) is 0 Å². The third-order valence-electron chi connectivity index (χ3n) is 3.72. The molecule has 0 saturated carbocycles. The number of aliphatic hydroxyl groups is 1. The number of hydrogen-bond acceptors (Lipinski definition) is 4. The van der Waals surface area contributed by atoms with Crippen LogP contribution in [-0.2, 0) is 16.1 Å². The highest BCUT2D eigenvalue weighted by Crippen LogP contribution is 2.17. The lowest BCUT2D eigenvalue weighted by atomic mass is 10.2. The van der Waals surface area contributed by atoms with Crippen molar-refractivity contribution in [2.45, 2.75) is 25.7 Å². The van der Waals surface area contributed by atoms with Crippen LogP contribution < -0.4 is 0 Å². The van der Waals surface area contributed by atoms with Crippen LogP contribution in [0, 0.1) is 0 Å². The summed E-state index contributed by atoms with van der Waals surface area (Å²) in [5.41, 5.74) is 0.906. The third kappa shape index (κ3) is 3.72. The first kappa shape index (κ1) is 15.3. The number of benzene rings is 1. The molecule has 1 aromatic carbocycles. The second-order valence-electron chi connectivity index (χ2n) is 5.21. The van der Waals surface area contributed by atoms with Crippen LogP contribution >= 0.6 is 0 Å². The Balaban J connectivity index is 1.88. The van der Waals surface area contributed by atoms with Crippen molar-refractivity contribution in [1.82, 2.24) is 9.80 Å². The summed E-state index contributed by atoms with van der Waals surface area (Å²) >= 11 is 0. The van der Waals surface area contributed by atoms with Crippen molar-refractivity contribution < 1.29 is 19.4 Å². The van der Waals surface area contributed by atoms with E-state index in [1.54, 1.807) is 7.05 Å². The van der Waals surface area contributed by atoms with Crippen LogP contribution in [0.4, 0.5) is 4.79 Å². The molecule has 0 bridgehead atoms. The van der Waals surface area contributed by atoms with Gasteiger partial charge in [0.25, 0.3) is 0 Å². The van der Waals surface area contributed by atoms with Crippen molar-refractivity contribution in [2.75, 3.05) is 20.1 Å². The zero-order valence-electron chi connectivity index (χ0n) is 12.2. The molecular weight excluding hydrogens is 272 g/mol. The normalized spacial score (nSPS) is 21.2. The Morgan fingerprint density at radius 3 is 2.62 bits per heavy atom. The second-order valence-corrected chi connectivity index (χ2v) is 5.21. The van der Waals surface area contributed by atoms with Gasteiger partial charge in [0.2, 0.25) is 5.91 Å². The molecule has 2 atom stereocenters. The number of likely N-dealkylation sites (tertiary alicyclic amines) is 1. The van der Waals surface area contributed by atoms with Crippen LogP contribution in [0.3, 0.4) is 0 Å². The van der Waals surface area contributed by atoms with Crippen molar-refractivity contribution in [3.8, 4) is 0 Å². The number of hydrogen-bond donors (Lipinski definition) is 1. The zero-order chi connectivity index (χ0) is 15.4. The minimum Gasteiger partial charge on any atom is -0.445 e. The Morgan fingerprint density at radius 1 is 1.33 bits per heavy atom. The Hall–Kier alpha value is -2.08. The van der Waals surface area contributed by atoms with Gasteiger partial charge in [-0.1, -0.05) is 30.3 Å². The topological polar surface area (TPSA) is 70.1 Å². The van der Waals surface area contributed by atoms with Gasteiger partial charge in [-0.15, -0.1) is 0 Å². The first-order chi connectivity index (χ1) is 9.99. The lowest BCUT2D eigenvalue weighted by molar-refractivity contribution is -0.130. The van der Waals surface area contributed by atoms with Gasteiger partial charge < -0.3 is 19.6 Å². The molecule has 0 spiro atoms. The zero-order valence-corrected chi connectivity index (χ0v) is 12.2. The largest absolute Gasteiger partial charge is 0.445 e. The number of ether oxygens (including phenoxy) is 1. The maximum absolute atomic E-state index is 12.0. The Kier molecular flexibility index (Phi) is 4.80. The molecule has 0 aliphatic carbocycles. The molecule has 1 aromatic rings. The van der Waals surface area contributed by atoms with E-state index in [9.17, 15) is 14.7 Å². The number of amides is 2. The van der Waals surface area contributed by atoms with Gasteiger partial charge in [0, 0.05) is 20.5 Å². The molecule has 2 rings (SSSR count). The van der Waals surface area contributed by atoms with E-state index < -0.39 is 12.2 Å². The van der Waals surface area contributed by atoms with E-state index in [2.05, 4.69) is 0 Å². The lowest BCUT2D eigenvalue weighted by Crippen LogP contribution is -2.43.